The van der Waals surface area contributed by atoms with Gasteiger partial charge in [-0.3, -0.25) is 19.2 Å². The fourth-order valence-corrected chi connectivity index (χ4v) is 4.85. The van der Waals surface area contributed by atoms with Crippen LogP contribution in [0.15, 0.2) is 65.7 Å². The molecule has 0 saturated heterocycles. The first-order valence-electron chi connectivity index (χ1n) is 11.7. The van der Waals surface area contributed by atoms with E-state index in [9.17, 15) is 4.79 Å². The molecule has 1 atom stereocenters. The maximum Gasteiger partial charge on any atom is 0.258 e. The highest BCUT2D eigenvalue weighted by Crippen LogP contribution is 2.30. The Hall–Kier alpha value is -3.09. The van der Waals surface area contributed by atoms with Crippen molar-refractivity contribution in [3.8, 4) is 11.4 Å². The molecule has 1 aromatic carbocycles. The average Bonchev–Trinajstić information content (AvgIpc) is 3.10. The summed E-state index contributed by atoms with van der Waals surface area (Å²) in [6.45, 7) is 10.2. The van der Waals surface area contributed by atoms with Gasteiger partial charge < -0.3 is 9.30 Å². The number of benzene rings is 1. The predicted molar refractivity (Wildman–Crippen MR) is 136 cm³/mol. The van der Waals surface area contributed by atoms with Crippen LogP contribution < -0.4 is 10.3 Å². The molecule has 0 fully saturated rings. The van der Waals surface area contributed by atoms with Crippen LogP contribution in [0.4, 0.5) is 0 Å². The zero-order valence-electron chi connectivity index (χ0n) is 19.7. The quantitative estimate of drug-likeness (QED) is 0.395. The minimum atomic E-state index is -0.136. The van der Waals surface area contributed by atoms with Gasteiger partial charge in [-0.1, -0.05) is 18.5 Å². The number of pyridine rings is 2. The first kappa shape index (κ1) is 22.7. The molecule has 0 radical (unpaired) electrons. The molecule has 1 aliphatic heterocycles. The van der Waals surface area contributed by atoms with E-state index in [4.69, 9.17) is 16.3 Å². The number of rotatable bonds is 5. The Morgan fingerprint density at radius 2 is 1.97 bits per heavy atom. The molecule has 0 aliphatic carbocycles. The largest absolute Gasteiger partial charge is 0.487 e. The smallest absolute Gasteiger partial charge is 0.258 e. The van der Waals surface area contributed by atoms with Gasteiger partial charge in [-0.2, -0.15) is 0 Å². The Labute approximate surface area is 204 Å². The van der Waals surface area contributed by atoms with Gasteiger partial charge in [0.15, 0.2) is 0 Å². The molecule has 7 heteroatoms. The molecule has 176 valence electrons. The maximum atomic E-state index is 12.9. The fourth-order valence-electron chi connectivity index (χ4n) is 4.73. The molecule has 1 aliphatic rings. The van der Waals surface area contributed by atoms with Gasteiger partial charge in [0.1, 0.15) is 12.4 Å². The Balaban J connectivity index is 1.38. The monoisotopic (exact) mass is 476 g/mol. The van der Waals surface area contributed by atoms with Crippen LogP contribution >= 0.6 is 11.6 Å². The van der Waals surface area contributed by atoms with Crippen LogP contribution in [-0.4, -0.2) is 38.1 Å². The molecule has 4 aromatic rings. The summed E-state index contributed by atoms with van der Waals surface area (Å²) in [6, 6.07) is 16.0. The number of halogens is 1. The second kappa shape index (κ2) is 9.28. The summed E-state index contributed by atoms with van der Waals surface area (Å²) >= 11 is 5.87. The van der Waals surface area contributed by atoms with Crippen LogP contribution in [0.2, 0.25) is 5.02 Å². The van der Waals surface area contributed by atoms with Crippen molar-refractivity contribution in [3.63, 3.8) is 0 Å². The van der Waals surface area contributed by atoms with E-state index < -0.39 is 0 Å². The summed E-state index contributed by atoms with van der Waals surface area (Å²) < 4.78 is 9.85. The van der Waals surface area contributed by atoms with Crippen molar-refractivity contribution in [2.45, 2.75) is 45.9 Å². The van der Waals surface area contributed by atoms with Crippen LogP contribution in [0.3, 0.4) is 0 Å². The molecule has 0 N–H and O–H groups in total. The Morgan fingerprint density at radius 1 is 1.12 bits per heavy atom. The van der Waals surface area contributed by atoms with Gasteiger partial charge in [-0.25, -0.2) is 0 Å². The van der Waals surface area contributed by atoms with Crippen LogP contribution in [0.5, 0.6) is 5.75 Å². The fraction of sp³-hybridized carbons (Fsp3) is 0.333. The first-order valence-corrected chi connectivity index (χ1v) is 12.1. The third kappa shape index (κ3) is 4.48. The van der Waals surface area contributed by atoms with E-state index in [2.05, 4.69) is 53.4 Å². The molecule has 0 spiro atoms. The lowest BCUT2D eigenvalue weighted by molar-refractivity contribution is 0.216. The van der Waals surface area contributed by atoms with Crippen LogP contribution in [-0.2, 0) is 13.2 Å². The molecule has 34 heavy (non-hydrogen) atoms. The van der Waals surface area contributed by atoms with Gasteiger partial charge in [-0.05, 0) is 56.3 Å². The van der Waals surface area contributed by atoms with E-state index in [0.29, 0.717) is 22.7 Å². The molecule has 4 heterocycles. The summed E-state index contributed by atoms with van der Waals surface area (Å²) in [5.74, 6) is 0.966. The molecule has 0 bridgehead atoms. The van der Waals surface area contributed by atoms with Gasteiger partial charge in [0, 0.05) is 72.3 Å². The normalized spacial score (nSPS) is 16.6. The molecule has 0 saturated carbocycles. The van der Waals surface area contributed by atoms with Crippen molar-refractivity contribution in [1.82, 2.24) is 19.0 Å². The van der Waals surface area contributed by atoms with Crippen LogP contribution in [0, 0.1) is 0 Å². The SMILES string of the molecule is CC1CN(C(C)C)CCn2c1cc1cc(-n3ccc(OCc4ccc(Cl)cn4)cc3=O)ccc12. The lowest BCUT2D eigenvalue weighted by Crippen LogP contribution is -2.34. The van der Waals surface area contributed by atoms with E-state index in [1.165, 1.54) is 22.7 Å². The number of ether oxygens (including phenoxy) is 1. The summed E-state index contributed by atoms with van der Waals surface area (Å²) in [4.78, 5) is 19.6. The maximum absolute atomic E-state index is 12.9. The van der Waals surface area contributed by atoms with Gasteiger partial charge in [0.2, 0.25) is 0 Å². The zero-order chi connectivity index (χ0) is 23.8. The molecule has 3 aromatic heterocycles. The highest BCUT2D eigenvalue weighted by molar-refractivity contribution is 6.30. The summed E-state index contributed by atoms with van der Waals surface area (Å²) in [5, 5.41) is 1.74. The van der Waals surface area contributed by atoms with Crippen molar-refractivity contribution >= 4 is 22.5 Å². The number of nitrogens with zero attached hydrogens (tertiary/aromatic N) is 4. The molecule has 6 nitrogen and oxygen atoms in total. The minimum absolute atomic E-state index is 0.136. The summed E-state index contributed by atoms with van der Waals surface area (Å²) in [5.41, 5.74) is 4.04. The molecular weight excluding hydrogens is 448 g/mol. The van der Waals surface area contributed by atoms with E-state index in [0.717, 1.165) is 31.0 Å². The second-order valence-corrected chi connectivity index (χ2v) is 9.72. The van der Waals surface area contributed by atoms with Crippen molar-refractivity contribution < 1.29 is 4.74 Å². The van der Waals surface area contributed by atoms with E-state index in [1.54, 1.807) is 35.2 Å². The topological polar surface area (TPSA) is 52.3 Å². The van der Waals surface area contributed by atoms with Gasteiger partial charge in [-0.15, -0.1) is 0 Å². The molecular formula is C27H29ClN4O2. The standard InChI is InChI=1S/C27H29ClN4O2/c1-18(2)30-10-11-32-25-7-6-23(12-20(25)13-26(32)19(3)16-30)31-9-8-24(14-27(31)33)34-17-22-5-4-21(28)15-29-22/h4-9,12-15,18-19H,10-11,16-17H2,1-3H3. The summed E-state index contributed by atoms with van der Waals surface area (Å²) in [6.07, 6.45) is 3.34. The average molecular weight is 477 g/mol. The van der Waals surface area contributed by atoms with E-state index >= 15 is 0 Å². The third-order valence-corrected chi connectivity index (χ3v) is 6.84. The van der Waals surface area contributed by atoms with E-state index in [1.807, 2.05) is 6.07 Å². The van der Waals surface area contributed by atoms with Crippen LogP contribution in [0.1, 0.15) is 38.1 Å². The Bertz CT molecular complexity index is 1370. The van der Waals surface area contributed by atoms with Crippen molar-refractivity contribution in [2.75, 3.05) is 13.1 Å². The van der Waals surface area contributed by atoms with Crippen molar-refractivity contribution in [2.24, 2.45) is 0 Å². The van der Waals surface area contributed by atoms with Gasteiger partial charge in [0.25, 0.3) is 5.56 Å². The predicted octanol–water partition coefficient (Wildman–Crippen LogP) is 5.25. The highest BCUT2D eigenvalue weighted by Gasteiger charge is 2.23. The molecule has 5 rings (SSSR count). The number of aromatic nitrogens is 3. The third-order valence-electron chi connectivity index (χ3n) is 6.62. The Morgan fingerprint density at radius 3 is 2.71 bits per heavy atom. The lowest BCUT2D eigenvalue weighted by atomic mass is 10.1. The molecule has 0 amide bonds. The van der Waals surface area contributed by atoms with Gasteiger partial charge in [0.05, 0.1) is 10.7 Å². The highest BCUT2D eigenvalue weighted by atomic mass is 35.5. The van der Waals surface area contributed by atoms with Crippen molar-refractivity contribution in [1.29, 1.82) is 0 Å². The van der Waals surface area contributed by atoms with Gasteiger partial charge >= 0.3 is 0 Å². The Kier molecular flexibility index (Phi) is 6.19. The lowest BCUT2D eigenvalue weighted by Gasteiger charge is -2.26. The first-order chi connectivity index (χ1) is 16.4. The zero-order valence-corrected chi connectivity index (χ0v) is 20.5. The minimum Gasteiger partial charge on any atom is -0.487 e. The number of hydrogen-bond donors (Lipinski definition) is 0. The van der Waals surface area contributed by atoms with Crippen molar-refractivity contribution in [3.05, 3.63) is 87.7 Å². The van der Waals surface area contributed by atoms with Crippen LogP contribution in [0.25, 0.3) is 16.6 Å². The number of hydrogen-bond acceptors (Lipinski definition) is 4. The second-order valence-electron chi connectivity index (χ2n) is 9.28. The number of fused-ring (bicyclic) bond motifs is 3. The summed E-state index contributed by atoms with van der Waals surface area (Å²) in [7, 11) is 0. The molecule has 1 unspecified atom stereocenters. The van der Waals surface area contributed by atoms with E-state index in [-0.39, 0.29) is 12.2 Å².